The van der Waals surface area contributed by atoms with Gasteiger partial charge in [0, 0.05) is 36.4 Å². The molecule has 0 spiro atoms. The average molecular weight is 385 g/mol. The van der Waals surface area contributed by atoms with Crippen molar-refractivity contribution in [1.29, 1.82) is 0 Å². The summed E-state index contributed by atoms with van der Waals surface area (Å²) < 4.78 is 1.96. The summed E-state index contributed by atoms with van der Waals surface area (Å²) in [5.74, 6) is 1.28. The number of carbonyl (C=O) groups excluding carboxylic acids is 1. The summed E-state index contributed by atoms with van der Waals surface area (Å²) in [7, 11) is 0. The summed E-state index contributed by atoms with van der Waals surface area (Å²) in [5.41, 5.74) is 2.17. The molecule has 1 unspecified atom stereocenters. The molecule has 4 aromatic rings. The van der Waals surface area contributed by atoms with Gasteiger partial charge in [-0.1, -0.05) is 12.1 Å². The van der Waals surface area contributed by atoms with E-state index >= 15 is 0 Å². The molecule has 5 rings (SSSR count). The van der Waals surface area contributed by atoms with Gasteiger partial charge in [0.1, 0.15) is 0 Å². The molecule has 1 fully saturated rings. The number of benzene rings is 1. The highest BCUT2D eigenvalue weighted by Crippen LogP contribution is 2.32. The third-order valence-corrected chi connectivity index (χ3v) is 5.08. The average Bonchev–Trinajstić information content (AvgIpc) is 3.41. The summed E-state index contributed by atoms with van der Waals surface area (Å²) >= 11 is 0. The number of aromatic nitrogens is 5. The number of pyridine rings is 1. The molecular weight excluding hydrogens is 366 g/mol. The second kappa shape index (κ2) is 7.31. The van der Waals surface area contributed by atoms with Crippen molar-refractivity contribution >= 4 is 23.2 Å². The maximum atomic E-state index is 13.3. The molecule has 0 bridgehead atoms. The second-order valence-electron chi connectivity index (χ2n) is 6.92. The Morgan fingerprint density at radius 1 is 1.03 bits per heavy atom. The van der Waals surface area contributed by atoms with Crippen LogP contribution in [0.1, 0.15) is 35.1 Å². The van der Waals surface area contributed by atoms with Gasteiger partial charge < -0.3 is 10.2 Å². The van der Waals surface area contributed by atoms with E-state index in [1.165, 1.54) is 0 Å². The number of rotatable bonds is 4. The van der Waals surface area contributed by atoms with E-state index in [0.717, 1.165) is 30.0 Å². The normalized spacial score (nSPS) is 16.3. The molecular formula is C21H19N7O. The lowest BCUT2D eigenvalue weighted by molar-refractivity contribution is 0.0729. The van der Waals surface area contributed by atoms with E-state index in [-0.39, 0.29) is 11.9 Å². The van der Waals surface area contributed by atoms with Crippen LogP contribution in [0.3, 0.4) is 0 Å². The number of nitrogens with one attached hydrogen (secondary N) is 1. The number of hydrogen-bond acceptors (Lipinski definition) is 6. The summed E-state index contributed by atoms with van der Waals surface area (Å²) in [4.78, 5) is 23.5. The van der Waals surface area contributed by atoms with Crippen LogP contribution < -0.4 is 5.32 Å². The topological polar surface area (TPSA) is 88.3 Å². The molecule has 1 aromatic carbocycles. The van der Waals surface area contributed by atoms with Crippen LogP contribution in [0.2, 0.25) is 0 Å². The van der Waals surface area contributed by atoms with Gasteiger partial charge in [0.25, 0.3) is 5.91 Å². The van der Waals surface area contributed by atoms with Gasteiger partial charge in [-0.3, -0.25) is 9.20 Å². The van der Waals surface area contributed by atoms with Crippen LogP contribution in [0.25, 0.3) is 5.65 Å². The number of anilines is 2. The predicted octanol–water partition coefficient (Wildman–Crippen LogP) is 3.24. The molecule has 4 heterocycles. The Balaban J connectivity index is 1.42. The number of likely N-dealkylation sites (tertiary alicyclic amines) is 1. The largest absolute Gasteiger partial charge is 0.328 e. The summed E-state index contributed by atoms with van der Waals surface area (Å²) in [5, 5.41) is 11.7. The quantitative estimate of drug-likeness (QED) is 0.580. The van der Waals surface area contributed by atoms with Crippen LogP contribution >= 0.6 is 0 Å². The Labute approximate surface area is 167 Å². The highest BCUT2D eigenvalue weighted by Gasteiger charge is 2.33. The van der Waals surface area contributed by atoms with Crippen molar-refractivity contribution in [3.8, 4) is 0 Å². The number of hydrogen-bond donors (Lipinski definition) is 1. The summed E-state index contributed by atoms with van der Waals surface area (Å²) in [6.45, 7) is 0.699. The van der Waals surface area contributed by atoms with Gasteiger partial charge in [0.15, 0.2) is 11.5 Å². The maximum Gasteiger partial charge on any atom is 0.254 e. The Bertz CT molecular complexity index is 1160. The molecule has 1 amide bonds. The Kier molecular flexibility index (Phi) is 4.36. The molecule has 1 saturated heterocycles. The lowest BCUT2D eigenvalue weighted by Crippen LogP contribution is -2.31. The monoisotopic (exact) mass is 385 g/mol. The third kappa shape index (κ3) is 3.29. The van der Waals surface area contributed by atoms with Crippen molar-refractivity contribution < 1.29 is 4.79 Å². The van der Waals surface area contributed by atoms with Crippen molar-refractivity contribution in [3.05, 3.63) is 78.5 Å². The molecule has 3 aromatic heterocycles. The molecule has 0 aliphatic carbocycles. The van der Waals surface area contributed by atoms with E-state index in [1.807, 2.05) is 58.0 Å². The van der Waals surface area contributed by atoms with Gasteiger partial charge in [-0.2, -0.15) is 0 Å². The van der Waals surface area contributed by atoms with Crippen molar-refractivity contribution in [2.24, 2.45) is 0 Å². The zero-order valence-electron chi connectivity index (χ0n) is 15.6. The molecule has 0 saturated carbocycles. The highest BCUT2D eigenvalue weighted by molar-refractivity contribution is 5.95. The first kappa shape index (κ1) is 17.3. The fourth-order valence-electron chi connectivity index (χ4n) is 3.75. The molecule has 8 heteroatoms. The van der Waals surface area contributed by atoms with Crippen LogP contribution in [-0.2, 0) is 0 Å². The van der Waals surface area contributed by atoms with Gasteiger partial charge in [0.05, 0.1) is 6.04 Å². The van der Waals surface area contributed by atoms with Crippen LogP contribution in [0.5, 0.6) is 0 Å². The SMILES string of the molecule is O=C(c1cccc(Nc2ncccn2)c1)N1CCCC1c1nnc2ccccn12. The van der Waals surface area contributed by atoms with E-state index in [0.29, 0.717) is 18.1 Å². The van der Waals surface area contributed by atoms with E-state index < -0.39 is 0 Å². The smallest absolute Gasteiger partial charge is 0.254 e. The van der Waals surface area contributed by atoms with Gasteiger partial charge >= 0.3 is 0 Å². The van der Waals surface area contributed by atoms with E-state index in [2.05, 4.69) is 25.5 Å². The summed E-state index contributed by atoms with van der Waals surface area (Å²) in [6.07, 6.45) is 7.09. The van der Waals surface area contributed by atoms with Crippen molar-refractivity contribution in [1.82, 2.24) is 29.5 Å². The Hall–Kier alpha value is -3.81. The first-order chi connectivity index (χ1) is 14.3. The minimum Gasteiger partial charge on any atom is -0.328 e. The molecule has 1 aliphatic heterocycles. The fourth-order valence-corrected chi connectivity index (χ4v) is 3.75. The van der Waals surface area contributed by atoms with E-state index in [9.17, 15) is 4.79 Å². The molecule has 1 atom stereocenters. The number of fused-ring (bicyclic) bond motifs is 1. The number of nitrogens with zero attached hydrogens (tertiary/aromatic N) is 6. The van der Waals surface area contributed by atoms with Crippen LogP contribution in [0, 0.1) is 0 Å². The van der Waals surface area contributed by atoms with E-state index in [4.69, 9.17) is 0 Å². The summed E-state index contributed by atoms with van der Waals surface area (Å²) in [6, 6.07) is 14.9. The first-order valence-corrected chi connectivity index (χ1v) is 9.54. The van der Waals surface area contributed by atoms with Crippen LogP contribution in [0.15, 0.2) is 67.1 Å². The zero-order valence-corrected chi connectivity index (χ0v) is 15.6. The minimum atomic E-state index is -0.0889. The van der Waals surface area contributed by atoms with Gasteiger partial charge in [0.2, 0.25) is 5.95 Å². The van der Waals surface area contributed by atoms with Crippen LogP contribution in [0.4, 0.5) is 11.6 Å². The van der Waals surface area contributed by atoms with Crippen molar-refractivity contribution in [2.75, 3.05) is 11.9 Å². The van der Waals surface area contributed by atoms with Gasteiger partial charge in [-0.15, -0.1) is 10.2 Å². The molecule has 1 N–H and O–H groups in total. The number of carbonyl (C=O) groups is 1. The zero-order chi connectivity index (χ0) is 19.6. The highest BCUT2D eigenvalue weighted by atomic mass is 16.2. The van der Waals surface area contributed by atoms with Crippen LogP contribution in [-0.4, -0.2) is 41.9 Å². The minimum absolute atomic E-state index is 0.0159. The van der Waals surface area contributed by atoms with Crippen molar-refractivity contribution in [3.63, 3.8) is 0 Å². The molecule has 0 radical (unpaired) electrons. The van der Waals surface area contributed by atoms with Gasteiger partial charge in [-0.25, -0.2) is 9.97 Å². The van der Waals surface area contributed by atoms with Gasteiger partial charge in [-0.05, 0) is 49.2 Å². The Morgan fingerprint density at radius 3 is 2.83 bits per heavy atom. The third-order valence-electron chi connectivity index (χ3n) is 5.08. The maximum absolute atomic E-state index is 13.3. The molecule has 144 valence electrons. The van der Waals surface area contributed by atoms with E-state index in [1.54, 1.807) is 18.5 Å². The molecule has 29 heavy (non-hydrogen) atoms. The standard InChI is InChI=1S/C21H19N7O/c29-20(15-6-3-7-16(14-15)24-21-22-10-5-11-23-21)27-13-4-8-17(27)19-26-25-18-9-1-2-12-28(18)19/h1-3,5-7,9-12,14,17H,4,8,13H2,(H,22,23,24). The van der Waals surface area contributed by atoms with Crippen molar-refractivity contribution in [2.45, 2.75) is 18.9 Å². The molecule has 1 aliphatic rings. The fraction of sp³-hybridized carbons (Fsp3) is 0.190. The number of amides is 1. The second-order valence-corrected chi connectivity index (χ2v) is 6.92. The first-order valence-electron chi connectivity index (χ1n) is 9.54. The molecule has 8 nitrogen and oxygen atoms in total. The lowest BCUT2D eigenvalue weighted by atomic mass is 10.1. The predicted molar refractivity (Wildman–Crippen MR) is 108 cm³/mol. The Morgan fingerprint density at radius 2 is 1.93 bits per heavy atom. The lowest BCUT2D eigenvalue weighted by Gasteiger charge is -2.23.